The normalized spacial score (nSPS) is 14.2. The number of carbonyl (C=O) groups excluding carboxylic acids is 1. The fraction of sp³-hybridized carbons (Fsp3) is 0.214. The Morgan fingerprint density at radius 1 is 1.22 bits per heavy atom. The largest absolute Gasteiger partial charge is 0.391 e. The number of anilines is 1. The number of hydrogen-bond donors (Lipinski definition) is 3. The summed E-state index contributed by atoms with van der Waals surface area (Å²) >= 11 is 0. The van der Waals surface area contributed by atoms with Crippen molar-refractivity contribution in [3.05, 3.63) is 42.5 Å². The average Bonchev–Trinajstić information content (AvgIpc) is 2.37. The number of amides is 1. The van der Waals surface area contributed by atoms with Gasteiger partial charge in [0, 0.05) is 5.69 Å². The second-order valence-corrected chi connectivity index (χ2v) is 4.32. The van der Waals surface area contributed by atoms with E-state index in [1.165, 1.54) is 6.92 Å². The Labute approximate surface area is 105 Å². The zero-order valence-corrected chi connectivity index (χ0v) is 10.1. The number of aliphatic hydroxyl groups is 1. The molecule has 4 nitrogen and oxygen atoms in total. The van der Waals surface area contributed by atoms with Gasteiger partial charge in [-0.1, -0.05) is 30.3 Å². The molecule has 0 saturated heterocycles. The number of nitrogens with two attached hydrogens (primary N) is 1. The molecule has 0 aliphatic heterocycles. The van der Waals surface area contributed by atoms with Gasteiger partial charge < -0.3 is 16.2 Å². The van der Waals surface area contributed by atoms with Gasteiger partial charge in [0.15, 0.2) is 0 Å². The number of aliphatic hydroxyl groups excluding tert-OH is 1. The van der Waals surface area contributed by atoms with Crippen LogP contribution in [0.15, 0.2) is 42.5 Å². The molecule has 2 atom stereocenters. The molecule has 0 saturated carbocycles. The maximum atomic E-state index is 11.7. The minimum atomic E-state index is -0.920. The van der Waals surface area contributed by atoms with E-state index in [0.717, 1.165) is 10.8 Å². The zero-order valence-electron chi connectivity index (χ0n) is 10.1. The summed E-state index contributed by atoms with van der Waals surface area (Å²) < 4.78 is 0. The van der Waals surface area contributed by atoms with Crippen molar-refractivity contribution < 1.29 is 9.90 Å². The highest BCUT2D eigenvalue weighted by Gasteiger charge is 2.18. The maximum absolute atomic E-state index is 11.7. The van der Waals surface area contributed by atoms with Gasteiger partial charge in [-0.2, -0.15) is 0 Å². The minimum Gasteiger partial charge on any atom is -0.391 e. The van der Waals surface area contributed by atoms with Crippen LogP contribution < -0.4 is 11.1 Å². The molecule has 18 heavy (non-hydrogen) atoms. The van der Waals surface area contributed by atoms with Gasteiger partial charge in [0.2, 0.25) is 5.91 Å². The maximum Gasteiger partial charge on any atom is 0.243 e. The van der Waals surface area contributed by atoms with E-state index in [0.29, 0.717) is 5.69 Å². The highest BCUT2D eigenvalue weighted by molar-refractivity contribution is 5.97. The van der Waals surface area contributed by atoms with Crippen molar-refractivity contribution in [2.24, 2.45) is 5.73 Å². The predicted octanol–water partition coefficient (Wildman–Crippen LogP) is 1.49. The van der Waals surface area contributed by atoms with E-state index < -0.39 is 12.1 Å². The highest BCUT2D eigenvalue weighted by atomic mass is 16.3. The quantitative estimate of drug-likeness (QED) is 0.765. The predicted molar refractivity (Wildman–Crippen MR) is 72.2 cm³/mol. The van der Waals surface area contributed by atoms with E-state index in [1.54, 1.807) is 0 Å². The first-order chi connectivity index (χ1) is 8.58. The molecule has 0 fully saturated rings. The lowest BCUT2D eigenvalue weighted by molar-refractivity contribution is -0.119. The topological polar surface area (TPSA) is 75.3 Å². The van der Waals surface area contributed by atoms with Gasteiger partial charge >= 0.3 is 0 Å². The first kappa shape index (κ1) is 12.5. The van der Waals surface area contributed by atoms with Crippen molar-refractivity contribution in [3.8, 4) is 0 Å². The lowest BCUT2D eigenvalue weighted by Crippen LogP contribution is -2.43. The number of hydrogen-bond acceptors (Lipinski definition) is 3. The molecule has 1 amide bonds. The Balaban J connectivity index is 2.19. The van der Waals surface area contributed by atoms with Crippen LogP contribution >= 0.6 is 0 Å². The van der Waals surface area contributed by atoms with Crippen LogP contribution in [-0.4, -0.2) is 23.2 Å². The summed E-state index contributed by atoms with van der Waals surface area (Å²) in [5, 5.41) is 14.1. The number of nitrogens with one attached hydrogen (secondary N) is 1. The molecule has 0 aliphatic carbocycles. The summed E-state index contributed by atoms with van der Waals surface area (Å²) in [6, 6.07) is 12.6. The molecule has 0 aliphatic rings. The minimum absolute atomic E-state index is 0.389. The molecule has 0 bridgehead atoms. The van der Waals surface area contributed by atoms with Crippen molar-refractivity contribution in [1.82, 2.24) is 0 Å². The van der Waals surface area contributed by atoms with E-state index in [9.17, 15) is 9.90 Å². The molecular weight excluding hydrogens is 228 g/mol. The molecule has 0 aromatic heterocycles. The van der Waals surface area contributed by atoms with Crippen LogP contribution in [0.1, 0.15) is 6.92 Å². The lowest BCUT2D eigenvalue weighted by Gasteiger charge is -2.14. The second kappa shape index (κ2) is 5.16. The van der Waals surface area contributed by atoms with Crippen LogP contribution in [0.2, 0.25) is 0 Å². The van der Waals surface area contributed by atoms with Crippen molar-refractivity contribution in [1.29, 1.82) is 0 Å². The molecule has 0 radical (unpaired) electrons. The fourth-order valence-corrected chi connectivity index (χ4v) is 1.71. The zero-order chi connectivity index (χ0) is 13.1. The lowest BCUT2D eigenvalue weighted by atomic mass is 10.1. The SMILES string of the molecule is CC(O)C(N)C(=O)Nc1ccc2ccccc2c1. The number of fused-ring (bicyclic) bond motifs is 1. The van der Waals surface area contributed by atoms with Gasteiger partial charge in [0.25, 0.3) is 0 Å². The van der Waals surface area contributed by atoms with Crippen LogP contribution in [0.5, 0.6) is 0 Å². The van der Waals surface area contributed by atoms with E-state index in [1.807, 2.05) is 42.5 Å². The third-order valence-corrected chi connectivity index (χ3v) is 2.84. The third-order valence-electron chi connectivity index (χ3n) is 2.84. The van der Waals surface area contributed by atoms with Crippen LogP contribution in [0, 0.1) is 0 Å². The Morgan fingerprint density at radius 2 is 1.89 bits per heavy atom. The van der Waals surface area contributed by atoms with E-state index in [4.69, 9.17) is 5.73 Å². The Hall–Kier alpha value is -1.91. The first-order valence-electron chi connectivity index (χ1n) is 5.81. The van der Waals surface area contributed by atoms with Crippen LogP contribution in [-0.2, 0) is 4.79 Å². The third kappa shape index (κ3) is 2.67. The average molecular weight is 244 g/mol. The number of benzene rings is 2. The van der Waals surface area contributed by atoms with Crippen LogP contribution in [0.4, 0.5) is 5.69 Å². The summed E-state index contributed by atoms with van der Waals surface area (Å²) in [7, 11) is 0. The van der Waals surface area contributed by atoms with Crippen molar-refractivity contribution in [3.63, 3.8) is 0 Å². The Morgan fingerprint density at radius 3 is 2.56 bits per heavy atom. The highest BCUT2D eigenvalue weighted by Crippen LogP contribution is 2.18. The van der Waals surface area contributed by atoms with Crippen LogP contribution in [0.3, 0.4) is 0 Å². The van der Waals surface area contributed by atoms with Gasteiger partial charge in [-0.3, -0.25) is 4.79 Å². The molecule has 0 heterocycles. The molecule has 0 spiro atoms. The number of carbonyl (C=O) groups is 1. The monoisotopic (exact) mass is 244 g/mol. The summed E-state index contributed by atoms with van der Waals surface area (Å²) in [6.45, 7) is 1.49. The summed E-state index contributed by atoms with van der Waals surface area (Å²) in [4.78, 5) is 11.7. The molecular formula is C14H16N2O2. The molecule has 2 aromatic carbocycles. The van der Waals surface area contributed by atoms with Gasteiger partial charge in [0.1, 0.15) is 6.04 Å². The van der Waals surface area contributed by atoms with Crippen LogP contribution in [0.25, 0.3) is 10.8 Å². The van der Waals surface area contributed by atoms with Crippen molar-refractivity contribution >= 4 is 22.4 Å². The molecule has 4 heteroatoms. The van der Waals surface area contributed by atoms with Gasteiger partial charge in [0.05, 0.1) is 6.10 Å². The van der Waals surface area contributed by atoms with E-state index in [-0.39, 0.29) is 5.91 Å². The standard InChI is InChI=1S/C14H16N2O2/c1-9(17)13(15)14(18)16-12-7-6-10-4-2-3-5-11(10)8-12/h2-9,13,17H,15H2,1H3,(H,16,18). The molecule has 2 aromatic rings. The molecule has 2 unspecified atom stereocenters. The van der Waals surface area contributed by atoms with Gasteiger partial charge in [-0.25, -0.2) is 0 Å². The number of rotatable bonds is 3. The first-order valence-corrected chi connectivity index (χ1v) is 5.81. The Bertz CT molecular complexity index is 566. The second-order valence-electron chi connectivity index (χ2n) is 4.32. The van der Waals surface area contributed by atoms with Crippen molar-refractivity contribution in [2.75, 3.05) is 5.32 Å². The van der Waals surface area contributed by atoms with Crippen molar-refractivity contribution in [2.45, 2.75) is 19.1 Å². The fourth-order valence-electron chi connectivity index (χ4n) is 1.71. The summed E-state index contributed by atoms with van der Waals surface area (Å²) in [5.41, 5.74) is 6.23. The van der Waals surface area contributed by atoms with Gasteiger partial charge in [-0.15, -0.1) is 0 Å². The smallest absolute Gasteiger partial charge is 0.243 e. The van der Waals surface area contributed by atoms with E-state index >= 15 is 0 Å². The summed E-state index contributed by atoms with van der Waals surface area (Å²) in [6.07, 6.45) is -0.870. The van der Waals surface area contributed by atoms with E-state index in [2.05, 4.69) is 5.32 Å². The molecule has 94 valence electrons. The Kier molecular flexibility index (Phi) is 3.60. The summed E-state index contributed by atoms with van der Waals surface area (Å²) in [5.74, 6) is -0.389. The molecule has 4 N–H and O–H groups in total. The molecule has 2 rings (SSSR count). The van der Waals surface area contributed by atoms with Gasteiger partial charge in [-0.05, 0) is 29.8 Å².